The number of piperazine rings is 1. The molecule has 5 rings (SSSR count). The SMILES string of the molecule is O=C(c1cnc2c(c1)c(=O)[nH]c(=O)n2C1CC1)N1CCN(C(=O)c2ccc(F)cc2Cl)CC1. The van der Waals surface area contributed by atoms with E-state index in [1.807, 2.05) is 0 Å². The van der Waals surface area contributed by atoms with Gasteiger partial charge < -0.3 is 9.80 Å². The Morgan fingerprint density at radius 1 is 1.03 bits per heavy atom. The quantitative estimate of drug-likeness (QED) is 0.626. The van der Waals surface area contributed by atoms with E-state index >= 15 is 0 Å². The van der Waals surface area contributed by atoms with E-state index in [4.69, 9.17) is 11.6 Å². The van der Waals surface area contributed by atoms with Crippen molar-refractivity contribution in [2.24, 2.45) is 0 Å². The number of benzene rings is 1. The predicted molar refractivity (Wildman–Crippen MR) is 118 cm³/mol. The van der Waals surface area contributed by atoms with Gasteiger partial charge >= 0.3 is 5.69 Å². The first kappa shape index (κ1) is 21.3. The summed E-state index contributed by atoms with van der Waals surface area (Å²) in [5.41, 5.74) is -0.369. The standard InChI is InChI=1S/C22H19ClFN5O4/c23-17-10-13(24)1-4-15(17)21(32)28-7-5-27(6-8-28)20(31)12-9-16-18(25-11-12)29(14-2-3-14)22(33)26-19(16)30/h1,4,9-11,14H,2-3,5-8H2,(H,26,30,33). The third-order valence-electron chi connectivity index (χ3n) is 5.95. The molecule has 0 radical (unpaired) electrons. The number of nitrogens with zero attached hydrogens (tertiary/aromatic N) is 4. The van der Waals surface area contributed by atoms with Gasteiger partial charge in [-0.2, -0.15) is 0 Å². The van der Waals surface area contributed by atoms with Gasteiger partial charge in [0.1, 0.15) is 11.5 Å². The molecule has 2 aliphatic rings. The highest BCUT2D eigenvalue weighted by Gasteiger charge is 2.29. The Kier molecular flexibility index (Phi) is 5.24. The highest BCUT2D eigenvalue weighted by Crippen LogP contribution is 2.34. The number of hydrogen-bond acceptors (Lipinski definition) is 5. The lowest BCUT2D eigenvalue weighted by atomic mass is 10.1. The van der Waals surface area contributed by atoms with Crippen LogP contribution < -0.4 is 11.2 Å². The van der Waals surface area contributed by atoms with Gasteiger partial charge in [0.05, 0.1) is 21.5 Å². The summed E-state index contributed by atoms with van der Waals surface area (Å²) in [5, 5.41) is 0.225. The van der Waals surface area contributed by atoms with Gasteiger partial charge in [0.15, 0.2) is 0 Å². The fraction of sp³-hybridized carbons (Fsp3) is 0.318. The van der Waals surface area contributed by atoms with Gasteiger partial charge in [-0.15, -0.1) is 0 Å². The summed E-state index contributed by atoms with van der Waals surface area (Å²) in [5.74, 6) is -1.17. The molecule has 1 aromatic carbocycles. The van der Waals surface area contributed by atoms with E-state index in [-0.39, 0.29) is 71.2 Å². The Morgan fingerprint density at radius 2 is 1.70 bits per heavy atom. The molecule has 2 fully saturated rings. The van der Waals surface area contributed by atoms with E-state index in [0.29, 0.717) is 0 Å². The normalized spacial score (nSPS) is 16.3. The van der Waals surface area contributed by atoms with Crippen molar-refractivity contribution in [2.75, 3.05) is 26.2 Å². The summed E-state index contributed by atoms with van der Waals surface area (Å²) in [4.78, 5) is 59.9. The van der Waals surface area contributed by atoms with Crippen LogP contribution in [0.3, 0.4) is 0 Å². The molecule has 0 bridgehead atoms. The molecule has 11 heteroatoms. The number of aromatic amines is 1. The molecular formula is C22H19ClFN5O4. The van der Waals surface area contributed by atoms with E-state index in [9.17, 15) is 23.6 Å². The van der Waals surface area contributed by atoms with Crippen molar-refractivity contribution in [1.29, 1.82) is 0 Å². The van der Waals surface area contributed by atoms with Crippen LogP contribution in [0, 0.1) is 5.82 Å². The number of carbonyl (C=O) groups is 2. The maximum atomic E-state index is 13.3. The molecular weight excluding hydrogens is 453 g/mol. The molecule has 1 N–H and O–H groups in total. The summed E-state index contributed by atoms with van der Waals surface area (Å²) in [6.07, 6.45) is 3.06. The van der Waals surface area contributed by atoms with E-state index in [1.165, 1.54) is 29.0 Å². The van der Waals surface area contributed by atoms with Gasteiger partial charge in [0.2, 0.25) is 0 Å². The largest absolute Gasteiger partial charge is 0.335 e. The summed E-state index contributed by atoms with van der Waals surface area (Å²) in [7, 11) is 0. The van der Waals surface area contributed by atoms with Crippen LogP contribution in [0.15, 0.2) is 40.1 Å². The number of pyridine rings is 1. The summed E-state index contributed by atoms with van der Waals surface area (Å²) in [6, 6.07) is 5.09. The third-order valence-corrected chi connectivity index (χ3v) is 6.27. The van der Waals surface area contributed by atoms with Crippen LogP contribution >= 0.6 is 11.6 Å². The van der Waals surface area contributed by atoms with Gasteiger partial charge in [-0.3, -0.25) is 23.9 Å². The van der Waals surface area contributed by atoms with Crippen molar-refractivity contribution in [2.45, 2.75) is 18.9 Å². The Morgan fingerprint density at radius 3 is 2.33 bits per heavy atom. The molecule has 3 aromatic rings. The van der Waals surface area contributed by atoms with Gasteiger partial charge in [0, 0.05) is 38.4 Å². The number of hydrogen-bond donors (Lipinski definition) is 1. The zero-order chi connectivity index (χ0) is 23.3. The van der Waals surface area contributed by atoms with E-state index in [2.05, 4.69) is 9.97 Å². The van der Waals surface area contributed by atoms with Crippen molar-refractivity contribution < 1.29 is 14.0 Å². The molecule has 1 saturated heterocycles. The van der Waals surface area contributed by atoms with Crippen LogP contribution in [0.1, 0.15) is 39.6 Å². The Bertz CT molecular complexity index is 1410. The second-order valence-corrected chi connectivity index (χ2v) is 8.57. The van der Waals surface area contributed by atoms with E-state index < -0.39 is 17.1 Å². The fourth-order valence-electron chi connectivity index (χ4n) is 4.05. The minimum absolute atomic E-state index is 0.0196. The molecule has 0 unspecified atom stereocenters. The third kappa shape index (κ3) is 3.91. The number of fused-ring (bicyclic) bond motifs is 1. The monoisotopic (exact) mass is 471 g/mol. The molecule has 1 saturated carbocycles. The van der Waals surface area contributed by atoms with Crippen molar-refractivity contribution in [3.8, 4) is 0 Å². The van der Waals surface area contributed by atoms with Crippen LogP contribution in [0.2, 0.25) is 5.02 Å². The molecule has 2 amide bonds. The second-order valence-electron chi connectivity index (χ2n) is 8.16. The van der Waals surface area contributed by atoms with Crippen LogP contribution in [0.5, 0.6) is 0 Å². The summed E-state index contributed by atoms with van der Waals surface area (Å²) < 4.78 is 14.7. The zero-order valence-electron chi connectivity index (χ0n) is 17.4. The lowest BCUT2D eigenvalue weighted by Crippen LogP contribution is -2.50. The Hall–Kier alpha value is -3.53. The van der Waals surface area contributed by atoms with Gasteiger partial charge in [-0.1, -0.05) is 11.6 Å². The van der Waals surface area contributed by atoms with E-state index in [1.54, 1.807) is 9.80 Å². The predicted octanol–water partition coefficient (Wildman–Crippen LogP) is 1.81. The highest BCUT2D eigenvalue weighted by molar-refractivity contribution is 6.33. The van der Waals surface area contributed by atoms with Crippen LogP contribution in [-0.4, -0.2) is 62.3 Å². The molecule has 3 heterocycles. The fourth-order valence-corrected chi connectivity index (χ4v) is 4.30. The number of amides is 2. The van der Waals surface area contributed by atoms with Gasteiger partial charge in [-0.25, -0.2) is 14.2 Å². The van der Waals surface area contributed by atoms with Crippen LogP contribution in [-0.2, 0) is 0 Å². The van der Waals surface area contributed by atoms with E-state index in [0.717, 1.165) is 18.9 Å². The number of halogens is 2. The summed E-state index contributed by atoms with van der Waals surface area (Å²) >= 11 is 6.00. The molecule has 0 atom stereocenters. The first-order chi connectivity index (χ1) is 15.8. The summed E-state index contributed by atoms with van der Waals surface area (Å²) in [6.45, 7) is 1.11. The lowest BCUT2D eigenvalue weighted by Gasteiger charge is -2.35. The highest BCUT2D eigenvalue weighted by atomic mass is 35.5. The number of aromatic nitrogens is 3. The molecule has 0 spiro atoms. The second kappa shape index (κ2) is 8.11. The Balaban J connectivity index is 1.33. The molecule has 1 aliphatic heterocycles. The average molecular weight is 472 g/mol. The first-order valence-corrected chi connectivity index (χ1v) is 10.9. The van der Waals surface area contributed by atoms with Gasteiger partial charge in [-0.05, 0) is 37.1 Å². The number of rotatable bonds is 3. The van der Waals surface area contributed by atoms with Crippen molar-refractivity contribution in [3.05, 3.63) is 73.3 Å². The van der Waals surface area contributed by atoms with Crippen molar-refractivity contribution in [3.63, 3.8) is 0 Å². The maximum Gasteiger partial charge on any atom is 0.330 e. The van der Waals surface area contributed by atoms with Gasteiger partial charge in [0.25, 0.3) is 17.4 Å². The smallest absolute Gasteiger partial charge is 0.330 e. The minimum Gasteiger partial charge on any atom is -0.335 e. The van der Waals surface area contributed by atoms with Crippen LogP contribution in [0.25, 0.3) is 11.0 Å². The topological polar surface area (TPSA) is 108 Å². The van der Waals surface area contributed by atoms with Crippen molar-refractivity contribution in [1.82, 2.24) is 24.3 Å². The molecule has 1 aliphatic carbocycles. The number of carbonyl (C=O) groups excluding carboxylic acids is 2. The first-order valence-electron chi connectivity index (χ1n) is 10.5. The average Bonchev–Trinajstić information content (AvgIpc) is 3.63. The minimum atomic E-state index is -0.583. The number of nitrogens with one attached hydrogen (secondary N) is 1. The van der Waals surface area contributed by atoms with Crippen molar-refractivity contribution >= 4 is 34.4 Å². The molecule has 170 valence electrons. The Labute approximate surface area is 191 Å². The molecule has 2 aromatic heterocycles. The molecule has 9 nitrogen and oxygen atoms in total. The maximum absolute atomic E-state index is 13.3. The van der Waals surface area contributed by atoms with Crippen LogP contribution in [0.4, 0.5) is 4.39 Å². The number of H-pyrrole nitrogens is 1. The zero-order valence-corrected chi connectivity index (χ0v) is 18.1. The molecule has 33 heavy (non-hydrogen) atoms. The lowest BCUT2D eigenvalue weighted by molar-refractivity contribution is 0.0535.